The van der Waals surface area contributed by atoms with Crippen molar-refractivity contribution in [3.63, 3.8) is 0 Å². The maximum absolute atomic E-state index is 4.17. The zero-order valence-electron chi connectivity index (χ0n) is 10.4. The Morgan fingerprint density at radius 3 is 3.00 bits per heavy atom. The van der Waals surface area contributed by atoms with Gasteiger partial charge in [0.1, 0.15) is 0 Å². The van der Waals surface area contributed by atoms with E-state index in [-0.39, 0.29) is 0 Å². The van der Waals surface area contributed by atoms with Crippen LogP contribution in [-0.2, 0) is 13.5 Å². The third-order valence-electron chi connectivity index (χ3n) is 3.59. The fraction of sp³-hybridized carbons (Fsp3) is 0.769. The largest absolute Gasteiger partial charge is 0.316 e. The van der Waals surface area contributed by atoms with Gasteiger partial charge in [-0.25, -0.2) is 0 Å². The van der Waals surface area contributed by atoms with Crippen LogP contribution in [0.1, 0.15) is 31.7 Å². The third-order valence-corrected chi connectivity index (χ3v) is 3.59. The molecular formula is C13H23N3. The lowest BCUT2D eigenvalue weighted by molar-refractivity contribution is 0.473. The molecule has 90 valence electrons. The van der Waals surface area contributed by atoms with Crippen LogP contribution in [0.4, 0.5) is 0 Å². The average molecular weight is 221 g/mol. The Morgan fingerprint density at radius 2 is 2.38 bits per heavy atom. The smallest absolute Gasteiger partial charge is 0.0522 e. The van der Waals surface area contributed by atoms with Crippen molar-refractivity contribution in [3.8, 4) is 0 Å². The van der Waals surface area contributed by atoms with Crippen LogP contribution in [0.5, 0.6) is 0 Å². The first-order valence-electron chi connectivity index (χ1n) is 6.42. The van der Waals surface area contributed by atoms with Crippen LogP contribution in [0.15, 0.2) is 12.4 Å². The molecule has 0 radical (unpaired) electrons. The molecule has 1 fully saturated rings. The lowest BCUT2D eigenvalue weighted by atomic mass is 10.1. The molecule has 0 spiro atoms. The summed E-state index contributed by atoms with van der Waals surface area (Å²) in [4.78, 5) is 0. The Kier molecular flexibility index (Phi) is 3.99. The lowest BCUT2D eigenvalue weighted by Gasteiger charge is -2.10. The summed E-state index contributed by atoms with van der Waals surface area (Å²) in [5, 5.41) is 7.74. The highest BCUT2D eigenvalue weighted by Crippen LogP contribution is 2.29. The second kappa shape index (κ2) is 5.48. The monoisotopic (exact) mass is 221 g/mol. The first kappa shape index (κ1) is 11.6. The second-order valence-electron chi connectivity index (χ2n) is 5.26. The predicted octanol–water partition coefficient (Wildman–Crippen LogP) is 1.99. The van der Waals surface area contributed by atoms with Crippen molar-refractivity contribution in [1.29, 1.82) is 0 Å². The summed E-state index contributed by atoms with van der Waals surface area (Å²) < 4.78 is 1.87. The minimum atomic E-state index is 0.920. The molecule has 1 aliphatic carbocycles. The van der Waals surface area contributed by atoms with E-state index in [9.17, 15) is 0 Å². The molecule has 16 heavy (non-hydrogen) atoms. The normalized spacial score (nSPS) is 25.1. The van der Waals surface area contributed by atoms with E-state index in [0.717, 1.165) is 24.8 Å². The Labute approximate surface area is 98.2 Å². The van der Waals surface area contributed by atoms with Crippen LogP contribution in [0, 0.1) is 11.8 Å². The Balaban J connectivity index is 1.58. The van der Waals surface area contributed by atoms with Crippen LogP contribution in [-0.4, -0.2) is 22.9 Å². The van der Waals surface area contributed by atoms with Crippen LogP contribution in [0.2, 0.25) is 0 Å². The van der Waals surface area contributed by atoms with E-state index in [0.29, 0.717) is 0 Å². The topological polar surface area (TPSA) is 29.9 Å². The number of aryl methyl sites for hydroxylation is 1. The van der Waals surface area contributed by atoms with Gasteiger partial charge < -0.3 is 5.32 Å². The molecule has 1 heterocycles. The van der Waals surface area contributed by atoms with Crippen molar-refractivity contribution < 1.29 is 0 Å². The van der Waals surface area contributed by atoms with Crippen molar-refractivity contribution in [1.82, 2.24) is 15.1 Å². The van der Waals surface area contributed by atoms with E-state index in [1.807, 2.05) is 17.9 Å². The summed E-state index contributed by atoms with van der Waals surface area (Å²) in [5.74, 6) is 1.87. The van der Waals surface area contributed by atoms with Crippen molar-refractivity contribution >= 4 is 0 Å². The summed E-state index contributed by atoms with van der Waals surface area (Å²) in [6.45, 7) is 4.65. The number of aromatic nitrogens is 2. The van der Waals surface area contributed by atoms with Gasteiger partial charge in [-0.05, 0) is 49.8 Å². The fourth-order valence-corrected chi connectivity index (χ4v) is 2.65. The maximum Gasteiger partial charge on any atom is 0.0522 e. The molecule has 3 heteroatoms. The first-order chi connectivity index (χ1) is 7.74. The molecule has 0 amide bonds. The molecule has 1 aliphatic rings. The van der Waals surface area contributed by atoms with E-state index in [2.05, 4.69) is 23.5 Å². The molecule has 3 nitrogen and oxygen atoms in total. The molecule has 1 aromatic rings. The van der Waals surface area contributed by atoms with E-state index < -0.39 is 0 Å². The third kappa shape index (κ3) is 3.34. The van der Waals surface area contributed by atoms with Gasteiger partial charge in [0.2, 0.25) is 0 Å². The molecule has 1 N–H and O–H groups in total. The molecule has 1 aromatic heterocycles. The van der Waals surface area contributed by atoms with Gasteiger partial charge in [-0.15, -0.1) is 0 Å². The fourth-order valence-electron chi connectivity index (χ4n) is 2.65. The number of nitrogens with zero attached hydrogens (tertiary/aromatic N) is 2. The molecule has 2 atom stereocenters. The summed E-state index contributed by atoms with van der Waals surface area (Å²) >= 11 is 0. The summed E-state index contributed by atoms with van der Waals surface area (Å²) in [7, 11) is 1.97. The molecule has 0 aliphatic heterocycles. The average Bonchev–Trinajstić information content (AvgIpc) is 2.83. The highest BCUT2D eigenvalue weighted by atomic mass is 15.2. The Hall–Kier alpha value is -0.830. The second-order valence-corrected chi connectivity index (χ2v) is 5.26. The summed E-state index contributed by atoms with van der Waals surface area (Å²) in [6.07, 6.45) is 9.41. The van der Waals surface area contributed by atoms with Gasteiger partial charge in [-0.3, -0.25) is 4.68 Å². The summed E-state index contributed by atoms with van der Waals surface area (Å²) in [5.41, 5.74) is 1.33. The molecule has 2 rings (SSSR count). The van der Waals surface area contributed by atoms with Crippen LogP contribution >= 0.6 is 0 Å². The minimum absolute atomic E-state index is 0.920. The van der Waals surface area contributed by atoms with E-state index in [1.165, 1.54) is 31.4 Å². The molecule has 0 bridgehead atoms. The minimum Gasteiger partial charge on any atom is -0.316 e. The summed E-state index contributed by atoms with van der Waals surface area (Å²) in [6, 6.07) is 0. The molecule has 0 aromatic carbocycles. The first-order valence-corrected chi connectivity index (χ1v) is 6.42. The van der Waals surface area contributed by atoms with E-state index >= 15 is 0 Å². The number of rotatable bonds is 5. The Morgan fingerprint density at radius 1 is 1.50 bits per heavy atom. The standard InChI is InChI=1S/C13H23N3/c1-11-3-4-12(7-11)8-14-6-5-13-9-15-16(2)10-13/h9-12,14H,3-8H2,1-2H3. The Bertz CT molecular complexity index is 319. The molecule has 2 unspecified atom stereocenters. The zero-order valence-corrected chi connectivity index (χ0v) is 10.4. The number of nitrogens with one attached hydrogen (secondary N) is 1. The van der Waals surface area contributed by atoms with Crippen LogP contribution in [0.25, 0.3) is 0 Å². The zero-order chi connectivity index (χ0) is 11.4. The molecule has 1 saturated carbocycles. The van der Waals surface area contributed by atoms with Crippen molar-refractivity contribution in [2.75, 3.05) is 13.1 Å². The van der Waals surface area contributed by atoms with Gasteiger partial charge in [-0.1, -0.05) is 13.3 Å². The van der Waals surface area contributed by atoms with Gasteiger partial charge in [0.05, 0.1) is 6.20 Å². The lowest BCUT2D eigenvalue weighted by Crippen LogP contribution is -2.23. The van der Waals surface area contributed by atoms with Gasteiger partial charge >= 0.3 is 0 Å². The van der Waals surface area contributed by atoms with E-state index in [1.54, 1.807) is 0 Å². The van der Waals surface area contributed by atoms with Crippen molar-refractivity contribution in [2.45, 2.75) is 32.6 Å². The number of hydrogen-bond acceptors (Lipinski definition) is 2. The molecule has 0 saturated heterocycles. The maximum atomic E-state index is 4.17. The number of hydrogen-bond donors (Lipinski definition) is 1. The highest BCUT2D eigenvalue weighted by molar-refractivity contribution is 5.03. The molecular weight excluding hydrogens is 198 g/mol. The van der Waals surface area contributed by atoms with Crippen molar-refractivity contribution in [3.05, 3.63) is 18.0 Å². The van der Waals surface area contributed by atoms with Crippen LogP contribution < -0.4 is 5.32 Å². The van der Waals surface area contributed by atoms with Gasteiger partial charge in [-0.2, -0.15) is 5.10 Å². The van der Waals surface area contributed by atoms with Crippen molar-refractivity contribution in [2.24, 2.45) is 18.9 Å². The predicted molar refractivity (Wildman–Crippen MR) is 66.3 cm³/mol. The van der Waals surface area contributed by atoms with Gasteiger partial charge in [0.25, 0.3) is 0 Å². The van der Waals surface area contributed by atoms with Crippen LogP contribution in [0.3, 0.4) is 0 Å². The van der Waals surface area contributed by atoms with E-state index in [4.69, 9.17) is 0 Å². The van der Waals surface area contributed by atoms with Gasteiger partial charge in [0, 0.05) is 13.2 Å². The van der Waals surface area contributed by atoms with Gasteiger partial charge in [0.15, 0.2) is 0 Å². The quantitative estimate of drug-likeness (QED) is 0.771. The highest BCUT2D eigenvalue weighted by Gasteiger charge is 2.20. The SMILES string of the molecule is CC1CCC(CNCCc2cnn(C)c2)C1.